The van der Waals surface area contributed by atoms with Gasteiger partial charge < -0.3 is 20.5 Å². The van der Waals surface area contributed by atoms with E-state index >= 15 is 0 Å². The smallest absolute Gasteiger partial charge is 0.147 e. The molecule has 1 saturated heterocycles. The largest absolute Gasteiger partial charge is 0.352 e. The molecule has 0 spiro atoms. The van der Waals surface area contributed by atoms with Crippen LogP contribution in [0.2, 0.25) is 0 Å². The van der Waals surface area contributed by atoms with Gasteiger partial charge in [-0.15, -0.1) is 0 Å². The molecule has 0 aliphatic carbocycles. The van der Waals surface area contributed by atoms with Crippen LogP contribution in [0, 0.1) is 5.82 Å². The number of nitrogens with one attached hydrogen (secondary N) is 2. The van der Waals surface area contributed by atoms with Crippen LogP contribution in [0.25, 0.3) is 51.6 Å². The maximum atomic E-state index is 14.7. The minimum atomic E-state index is -0.251. The highest BCUT2D eigenvalue weighted by molar-refractivity contribution is 5.97. The van der Waals surface area contributed by atoms with Gasteiger partial charge in [0.25, 0.3) is 0 Å². The van der Waals surface area contributed by atoms with Crippen LogP contribution in [0.5, 0.6) is 0 Å². The van der Waals surface area contributed by atoms with E-state index in [2.05, 4.69) is 47.6 Å². The minimum absolute atomic E-state index is 0.170. The Bertz CT molecular complexity index is 1910. The number of aryl methyl sites for hydroxylation is 1. The molecule has 1 aliphatic rings. The van der Waals surface area contributed by atoms with Gasteiger partial charge >= 0.3 is 0 Å². The third-order valence-electron chi connectivity index (χ3n) is 7.79. The number of allylic oxidation sites excluding steroid dienone is 2. The van der Waals surface area contributed by atoms with Crippen molar-refractivity contribution in [1.29, 1.82) is 0 Å². The summed E-state index contributed by atoms with van der Waals surface area (Å²) in [6.45, 7) is 8.65. The van der Waals surface area contributed by atoms with Gasteiger partial charge in [0.2, 0.25) is 0 Å². The van der Waals surface area contributed by atoms with Crippen molar-refractivity contribution in [1.82, 2.24) is 35.0 Å². The van der Waals surface area contributed by atoms with Crippen LogP contribution in [0.1, 0.15) is 24.6 Å². The molecule has 6 rings (SSSR count). The topological polar surface area (TPSA) is 116 Å². The number of hydrogen-bond donors (Lipinski definition) is 3. The van der Waals surface area contributed by atoms with Crippen molar-refractivity contribution >= 4 is 34.9 Å². The zero-order valence-corrected chi connectivity index (χ0v) is 24.7. The lowest BCUT2D eigenvalue weighted by atomic mass is 9.99. The summed E-state index contributed by atoms with van der Waals surface area (Å²) in [5, 5.41) is 10.1. The summed E-state index contributed by atoms with van der Waals surface area (Å²) in [4.78, 5) is 21.5. The van der Waals surface area contributed by atoms with Crippen molar-refractivity contribution < 1.29 is 4.39 Å². The Morgan fingerprint density at radius 3 is 2.72 bits per heavy atom. The number of hydrogen-bond acceptors (Lipinski definition) is 7. The number of anilines is 1. The summed E-state index contributed by atoms with van der Waals surface area (Å²) in [6, 6.07) is 7.46. The third-order valence-corrected chi connectivity index (χ3v) is 7.79. The van der Waals surface area contributed by atoms with Gasteiger partial charge in [-0.25, -0.2) is 9.37 Å². The average Bonchev–Trinajstić information content (AvgIpc) is 3.56. The van der Waals surface area contributed by atoms with Crippen molar-refractivity contribution in [3.63, 3.8) is 0 Å². The maximum Gasteiger partial charge on any atom is 0.147 e. The second-order valence-corrected chi connectivity index (χ2v) is 11.4. The number of benzene rings is 1. The van der Waals surface area contributed by atoms with E-state index in [4.69, 9.17) is 10.7 Å². The van der Waals surface area contributed by atoms with Crippen LogP contribution in [-0.2, 0) is 6.42 Å². The molecule has 43 heavy (non-hydrogen) atoms. The molecular formula is C33H36FN9. The number of fused-ring (bicyclic) bond motifs is 1. The van der Waals surface area contributed by atoms with Gasteiger partial charge in [0.15, 0.2) is 0 Å². The Morgan fingerprint density at radius 2 is 1.95 bits per heavy atom. The monoisotopic (exact) mass is 577 g/mol. The SMILES string of the molecule is C=c1[nH]nc(-c2cc3c(-c4cc(F)cc(CCCN(C)C)c4)cncc3[nH]2)/c1=C/C(=C\C)c1cncc(N2CC(N)C2)n1. The second kappa shape index (κ2) is 11.9. The van der Waals surface area contributed by atoms with Crippen molar-refractivity contribution in [3.8, 4) is 22.5 Å². The van der Waals surface area contributed by atoms with E-state index in [9.17, 15) is 4.39 Å². The maximum absolute atomic E-state index is 14.7. The quantitative estimate of drug-likeness (QED) is 0.246. The highest BCUT2D eigenvalue weighted by Crippen LogP contribution is 2.32. The molecule has 5 heterocycles. The van der Waals surface area contributed by atoms with Gasteiger partial charge in [0, 0.05) is 41.5 Å². The molecule has 5 aromatic rings. The van der Waals surface area contributed by atoms with E-state index < -0.39 is 0 Å². The predicted octanol–water partition coefficient (Wildman–Crippen LogP) is 3.48. The zero-order chi connectivity index (χ0) is 30.1. The van der Waals surface area contributed by atoms with E-state index in [0.717, 1.165) is 88.1 Å². The molecule has 0 saturated carbocycles. The molecule has 1 aliphatic heterocycles. The van der Waals surface area contributed by atoms with Crippen LogP contribution in [0.3, 0.4) is 0 Å². The highest BCUT2D eigenvalue weighted by atomic mass is 19.1. The summed E-state index contributed by atoms with van der Waals surface area (Å²) in [5.74, 6) is 0.557. The first-order chi connectivity index (χ1) is 20.8. The summed E-state index contributed by atoms with van der Waals surface area (Å²) in [7, 11) is 4.09. The fourth-order valence-electron chi connectivity index (χ4n) is 5.51. The summed E-state index contributed by atoms with van der Waals surface area (Å²) < 4.78 is 14.7. The number of nitrogens with zero attached hydrogens (tertiary/aromatic N) is 6. The van der Waals surface area contributed by atoms with Gasteiger partial charge in [-0.2, -0.15) is 5.10 Å². The van der Waals surface area contributed by atoms with Gasteiger partial charge in [0.1, 0.15) is 17.3 Å². The molecule has 0 bridgehead atoms. The molecule has 0 unspecified atom stereocenters. The first kappa shape index (κ1) is 28.4. The first-order valence-electron chi connectivity index (χ1n) is 14.4. The van der Waals surface area contributed by atoms with Crippen LogP contribution in [0.15, 0.2) is 55.1 Å². The minimum Gasteiger partial charge on any atom is -0.352 e. The molecule has 9 nitrogen and oxygen atoms in total. The highest BCUT2D eigenvalue weighted by Gasteiger charge is 2.24. The predicted molar refractivity (Wildman–Crippen MR) is 171 cm³/mol. The molecule has 4 N–H and O–H groups in total. The Morgan fingerprint density at radius 1 is 1.14 bits per heavy atom. The summed E-state index contributed by atoms with van der Waals surface area (Å²) in [5.41, 5.74) is 12.6. The van der Waals surface area contributed by atoms with Crippen LogP contribution in [0.4, 0.5) is 10.2 Å². The van der Waals surface area contributed by atoms with Gasteiger partial charge in [-0.3, -0.25) is 15.1 Å². The fourth-order valence-corrected chi connectivity index (χ4v) is 5.51. The number of rotatable bonds is 9. The van der Waals surface area contributed by atoms with Gasteiger partial charge in [-0.1, -0.05) is 18.7 Å². The molecule has 1 aromatic carbocycles. The molecule has 0 atom stereocenters. The Kier molecular flexibility index (Phi) is 7.88. The van der Waals surface area contributed by atoms with E-state index in [-0.39, 0.29) is 11.9 Å². The van der Waals surface area contributed by atoms with E-state index in [1.165, 1.54) is 0 Å². The Labute approximate surface area is 249 Å². The molecule has 1 fully saturated rings. The molecule has 0 amide bonds. The molecule has 220 valence electrons. The number of halogens is 1. The number of pyridine rings is 1. The fraction of sp³-hybridized carbons (Fsp3) is 0.273. The summed E-state index contributed by atoms with van der Waals surface area (Å²) in [6.07, 6.45) is 12.9. The lowest BCUT2D eigenvalue weighted by Gasteiger charge is -2.37. The lowest BCUT2D eigenvalue weighted by Crippen LogP contribution is -2.56. The molecule has 4 aromatic heterocycles. The van der Waals surface area contributed by atoms with Crippen molar-refractivity contribution in [3.05, 3.63) is 82.8 Å². The Balaban J connectivity index is 1.36. The number of nitrogens with two attached hydrogens (primary N) is 1. The standard InChI is InChI=1S/C33H36FN9/c1-5-22(30-15-37-17-32(39-30)43-18-25(35)19-43)12-26-20(2)40-41-33(26)29-13-27-28(14-36-16-31(27)38-29)23-9-21(10-24(34)11-23)7-6-8-42(3)4/h5,9-17,25,38,40H,2,6-8,18-19,35H2,1,3-4H3/b22-5+,26-12+. The Hall–Kier alpha value is -4.67. The van der Waals surface area contributed by atoms with Crippen LogP contribution < -0.4 is 21.2 Å². The molecule has 0 radical (unpaired) electrons. The van der Waals surface area contributed by atoms with E-state index in [1.54, 1.807) is 36.9 Å². The van der Waals surface area contributed by atoms with E-state index in [1.807, 2.05) is 39.2 Å². The zero-order valence-electron chi connectivity index (χ0n) is 24.7. The van der Waals surface area contributed by atoms with Gasteiger partial charge in [0.05, 0.1) is 40.8 Å². The number of aromatic amines is 2. The lowest BCUT2D eigenvalue weighted by molar-refractivity contribution is 0.400. The first-order valence-corrected chi connectivity index (χ1v) is 14.4. The van der Waals surface area contributed by atoms with Crippen molar-refractivity contribution in [2.75, 3.05) is 38.6 Å². The van der Waals surface area contributed by atoms with Crippen LogP contribution >= 0.6 is 0 Å². The number of H-pyrrole nitrogens is 2. The number of aromatic nitrogens is 6. The van der Waals surface area contributed by atoms with Crippen LogP contribution in [-0.4, -0.2) is 74.8 Å². The normalized spacial score (nSPS) is 14.7. The van der Waals surface area contributed by atoms with Crippen molar-refractivity contribution in [2.24, 2.45) is 5.73 Å². The summed E-state index contributed by atoms with van der Waals surface area (Å²) >= 11 is 0. The molecule has 10 heteroatoms. The van der Waals surface area contributed by atoms with Crippen molar-refractivity contribution in [2.45, 2.75) is 25.8 Å². The molecular weight excluding hydrogens is 541 g/mol. The average molecular weight is 578 g/mol. The second-order valence-electron chi connectivity index (χ2n) is 11.4. The third kappa shape index (κ3) is 5.97. The van der Waals surface area contributed by atoms with E-state index in [0.29, 0.717) is 11.0 Å². The van der Waals surface area contributed by atoms with Gasteiger partial charge in [-0.05, 0) is 81.4 Å².